The van der Waals surface area contributed by atoms with Gasteiger partial charge >= 0.3 is 6.18 Å². The van der Waals surface area contributed by atoms with E-state index in [4.69, 9.17) is 0 Å². The highest BCUT2D eigenvalue weighted by Crippen LogP contribution is 2.20. The molecule has 3 rings (SSSR count). The lowest BCUT2D eigenvalue weighted by molar-refractivity contribution is -0.123. The number of rotatable bonds is 5. The second-order valence-corrected chi connectivity index (χ2v) is 5.93. The molecule has 5 nitrogen and oxygen atoms in total. The molecular formula is C19H16F3N3O2. The van der Waals surface area contributed by atoms with Crippen LogP contribution in [0.4, 0.5) is 18.9 Å². The van der Waals surface area contributed by atoms with Gasteiger partial charge in [0.05, 0.1) is 17.7 Å². The van der Waals surface area contributed by atoms with Crippen molar-refractivity contribution in [2.45, 2.75) is 12.6 Å². The molecule has 0 aliphatic rings. The van der Waals surface area contributed by atoms with Gasteiger partial charge in [-0.3, -0.25) is 9.59 Å². The zero-order valence-electron chi connectivity index (χ0n) is 14.1. The minimum atomic E-state index is -4.51. The fraction of sp³-hybridized carbons (Fsp3) is 0.158. The predicted octanol–water partition coefficient (Wildman–Crippen LogP) is 3.64. The molecule has 0 saturated carbocycles. The van der Waals surface area contributed by atoms with E-state index < -0.39 is 18.6 Å². The van der Waals surface area contributed by atoms with Crippen molar-refractivity contribution in [1.29, 1.82) is 0 Å². The largest absolute Gasteiger partial charge is 0.405 e. The Labute approximate surface area is 152 Å². The highest BCUT2D eigenvalue weighted by Gasteiger charge is 2.28. The minimum Gasteiger partial charge on any atom is -0.361 e. The molecule has 0 radical (unpaired) electrons. The van der Waals surface area contributed by atoms with E-state index in [1.807, 2.05) is 24.3 Å². The Bertz CT molecular complexity index is 979. The van der Waals surface area contributed by atoms with Crippen molar-refractivity contribution in [3.8, 4) is 0 Å². The van der Waals surface area contributed by atoms with Gasteiger partial charge < -0.3 is 15.6 Å². The quantitative estimate of drug-likeness (QED) is 0.637. The summed E-state index contributed by atoms with van der Waals surface area (Å²) < 4.78 is 36.9. The first kappa shape index (κ1) is 18.5. The molecule has 0 unspecified atom stereocenters. The summed E-state index contributed by atoms with van der Waals surface area (Å²) in [4.78, 5) is 27.5. The van der Waals surface area contributed by atoms with Crippen LogP contribution in [0.2, 0.25) is 0 Å². The highest BCUT2D eigenvalue weighted by atomic mass is 19.4. The summed E-state index contributed by atoms with van der Waals surface area (Å²) in [7, 11) is 0. The van der Waals surface area contributed by atoms with Crippen molar-refractivity contribution in [3.05, 3.63) is 65.9 Å². The Kier molecular flexibility index (Phi) is 5.16. The fourth-order valence-corrected chi connectivity index (χ4v) is 2.71. The van der Waals surface area contributed by atoms with Crippen molar-refractivity contribution in [3.63, 3.8) is 0 Å². The molecule has 0 aliphatic heterocycles. The van der Waals surface area contributed by atoms with Crippen LogP contribution in [0.15, 0.2) is 54.7 Å². The van der Waals surface area contributed by atoms with Crippen LogP contribution in [0.5, 0.6) is 0 Å². The third-order valence-corrected chi connectivity index (χ3v) is 3.92. The lowest BCUT2D eigenvalue weighted by Crippen LogP contribution is -2.34. The Morgan fingerprint density at radius 1 is 1.00 bits per heavy atom. The van der Waals surface area contributed by atoms with Crippen molar-refractivity contribution in [2.24, 2.45) is 0 Å². The second-order valence-electron chi connectivity index (χ2n) is 5.93. The van der Waals surface area contributed by atoms with E-state index in [1.54, 1.807) is 17.6 Å². The molecule has 27 heavy (non-hydrogen) atoms. The van der Waals surface area contributed by atoms with Crippen LogP contribution in [0.1, 0.15) is 15.9 Å². The molecule has 3 aromatic rings. The van der Waals surface area contributed by atoms with E-state index in [9.17, 15) is 22.8 Å². The zero-order valence-corrected chi connectivity index (χ0v) is 14.1. The van der Waals surface area contributed by atoms with Crippen LogP contribution in [0.3, 0.4) is 0 Å². The summed E-state index contributed by atoms with van der Waals surface area (Å²) in [6.07, 6.45) is -2.72. The Morgan fingerprint density at radius 2 is 1.70 bits per heavy atom. The van der Waals surface area contributed by atoms with Crippen molar-refractivity contribution >= 4 is 28.4 Å². The number of fused-ring (bicyclic) bond motifs is 1. The molecule has 1 heterocycles. The second kappa shape index (κ2) is 7.53. The molecule has 0 atom stereocenters. The Balaban J connectivity index is 1.72. The van der Waals surface area contributed by atoms with Crippen LogP contribution in [0.25, 0.3) is 10.9 Å². The number of amides is 2. The lowest BCUT2D eigenvalue weighted by Gasteiger charge is -2.12. The number of aromatic nitrogens is 1. The Hall–Kier alpha value is -3.29. The highest BCUT2D eigenvalue weighted by molar-refractivity contribution is 6.04. The van der Waals surface area contributed by atoms with Crippen molar-refractivity contribution < 1.29 is 22.8 Å². The van der Waals surface area contributed by atoms with Gasteiger partial charge in [-0.15, -0.1) is 0 Å². The molecule has 2 aromatic carbocycles. The summed E-state index contributed by atoms with van der Waals surface area (Å²) in [5, 5.41) is 5.31. The van der Waals surface area contributed by atoms with E-state index in [2.05, 4.69) is 10.3 Å². The number of carbonyl (C=O) groups excluding carboxylic acids is 2. The molecule has 2 amide bonds. The first-order valence-corrected chi connectivity index (χ1v) is 8.12. The van der Waals surface area contributed by atoms with Crippen molar-refractivity contribution in [2.75, 3.05) is 11.9 Å². The molecule has 0 fully saturated rings. The summed E-state index contributed by atoms with van der Waals surface area (Å²) >= 11 is 0. The van der Waals surface area contributed by atoms with Crippen LogP contribution in [0, 0.1) is 0 Å². The average molecular weight is 375 g/mol. The molecule has 0 aliphatic carbocycles. The van der Waals surface area contributed by atoms with Crippen LogP contribution in [-0.2, 0) is 11.2 Å². The minimum absolute atomic E-state index is 0.0333. The zero-order chi connectivity index (χ0) is 19.4. The molecule has 3 N–H and O–H groups in total. The first-order chi connectivity index (χ1) is 12.8. The van der Waals surface area contributed by atoms with Gasteiger partial charge in [0.1, 0.15) is 6.54 Å². The first-order valence-electron chi connectivity index (χ1n) is 8.12. The molecule has 0 bridgehead atoms. The number of halogens is 3. The van der Waals surface area contributed by atoms with Gasteiger partial charge in [-0.25, -0.2) is 0 Å². The van der Waals surface area contributed by atoms with Gasteiger partial charge in [-0.05, 0) is 23.8 Å². The van der Waals surface area contributed by atoms with Gasteiger partial charge in [0.2, 0.25) is 5.91 Å². The number of carbonyl (C=O) groups is 2. The number of nitrogens with one attached hydrogen (secondary N) is 3. The van der Waals surface area contributed by atoms with E-state index in [-0.39, 0.29) is 23.6 Å². The maximum Gasteiger partial charge on any atom is 0.405 e. The maximum atomic E-state index is 12.4. The SMILES string of the molecule is O=C(Cc1c[nH]c2ccccc12)Nc1ccccc1C(=O)NCC(F)(F)F. The Morgan fingerprint density at radius 3 is 2.48 bits per heavy atom. The fourth-order valence-electron chi connectivity index (χ4n) is 2.71. The lowest BCUT2D eigenvalue weighted by atomic mass is 10.1. The molecule has 0 spiro atoms. The monoisotopic (exact) mass is 375 g/mol. The summed E-state index contributed by atoms with van der Waals surface area (Å²) in [5.74, 6) is -1.29. The number of H-pyrrole nitrogens is 1. The molecule has 0 saturated heterocycles. The number of aromatic amines is 1. The number of para-hydroxylation sites is 2. The third-order valence-electron chi connectivity index (χ3n) is 3.92. The van der Waals surface area contributed by atoms with Crippen LogP contribution < -0.4 is 10.6 Å². The van der Waals surface area contributed by atoms with E-state index in [0.717, 1.165) is 16.5 Å². The van der Waals surface area contributed by atoms with E-state index in [1.165, 1.54) is 18.2 Å². The topological polar surface area (TPSA) is 74.0 Å². The number of hydrogen-bond donors (Lipinski definition) is 3. The van der Waals surface area contributed by atoms with Crippen molar-refractivity contribution in [1.82, 2.24) is 10.3 Å². The van der Waals surface area contributed by atoms with Gasteiger partial charge in [-0.2, -0.15) is 13.2 Å². The van der Waals surface area contributed by atoms with Crippen LogP contribution in [-0.4, -0.2) is 29.5 Å². The summed E-state index contributed by atoms with van der Waals surface area (Å²) in [6, 6.07) is 13.4. The normalized spacial score (nSPS) is 11.4. The number of hydrogen-bond acceptors (Lipinski definition) is 2. The van der Waals surface area contributed by atoms with Crippen LogP contribution >= 0.6 is 0 Å². The van der Waals surface area contributed by atoms with Gasteiger partial charge in [0.25, 0.3) is 5.91 Å². The third kappa shape index (κ3) is 4.66. The molecule has 8 heteroatoms. The van der Waals surface area contributed by atoms with Gasteiger partial charge in [-0.1, -0.05) is 30.3 Å². The summed E-state index contributed by atoms with van der Waals surface area (Å²) in [5.41, 5.74) is 1.80. The smallest absolute Gasteiger partial charge is 0.361 e. The van der Waals surface area contributed by atoms with Gasteiger partial charge in [0.15, 0.2) is 0 Å². The predicted molar refractivity (Wildman–Crippen MR) is 95.5 cm³/mol. The standard InChI is InChI=1S/C19H16F3N3O2/c20-19(21,22)11-24-18(27)14-6-2-4-8-16(14)25-17(26)9-12-10-23-15-7-3-1-5-13(12)15/h1-8,10,23H,9,11H2,(H,24,27)(H,25,26). The van der Waals surface area contributed by atoms with E-state index >= 15 is 0 Å². The average Bonchev–Trinajstić information content (AvgIpc) is 3.02. The number of alkyl halides is 3. The maximum absolute atomic E-state index is 12.4. The number of benzene rings is 2. The number of anilines is 1. The molecular weight excluding hydrogens is 359 g/mol. The molecule has 1 aromatic heterocycles. The summed E-state index contributed by atoms with van der Waals surface area (Å²) in [6.45, 7) is -1.44. The van der Waals surface area contributed by atoms with Gasteiger partial charge in [0, 0.05) is 17.1 Å². The molecule has 140 valence electrons. The van der Waals surface area contributed by atoms with E-state index in [0.29, 0.717) is 0 Å².